The molecule has 4 heavy (non-hydrogen) atoms. The van der Waals surface area contributed by atoms with Crippen LogP contribution in [0.5, 0.6) is 0 Å². The predicted molar refractivity (Wildman–Crippen MR) is 1.37 cm³/mol. The predicted octanol–water partition coefficient (Wildman–Crippen LogP) is -0.243. The van der Waals surface area contributed by atoms with Gasteiger partial charge in [-0.05, 0) is 0 Å². The van der Waals surface area contributed by atoms with Gasteiger partial charge in [0.15, 0.2) is 0 Å². The second kappa shape index (κ2) is 29.1. The normalized spacial score (nSPS) is 0. The Morgan fingerprint density at radius 3 is 0.750 bits per heavy atom. The third kappa shape index (κ3) is 10.6. The van der Waals surface area contributed by atoms with Crippen LogP contribution in [0, 0.1) is 0 Å². The molecular weight excluding hydrogens is 292 g/mol. The van der Waals surface area contributed by atoms with Crippen molar-refractivity contribution in [2.24, 2.45) is 0 Å². The van der Waals surface area contributed by atoms with E-state index < -0.39 is 0 Å². The van der Waals surface area contributed by atoms with Crippen molar-refractivity contribution in [2.75, 3.05) is 0 Å². The van der Waals surface area contributed by atoms with Crippen LogP contribution in [-0.2, 0) is 51.5 Å². The largest absolute Gasteiger partial charge is 2.00 e. The Morgan fingerprint density at radius 1 is 0.750 bits per heavy atom. The maximum Gasteiger partial charge on any atom is 2.00 e. The van der Waals surface area contributed by atoms with E-state index in [0.717, 1.165) is 0 Å². The minimum atomic E-state index is 0. The van der Waals surface area contributed by atoms with Crippen molar-refractivity contribution in [2.45, 2.75) is 0 Å². The van der Waals surface area contributed by atoms with E-state index in [1.165, 1.54) is 0 Å². The molecule has 24 valence electrons. The summed E-state index contributed by atoms with van der Waals surface area (Å²) in [6.07, 6.45) is 0. The fourth-order valence-electron chi connectivity index (χ4n) is 0. The molecule has 0 fully saturated rings. The third-order valence-electron chi connectivity index (χ3n) is 0. The Labute approximate surface area is 51.6 Å². The van der Waals surface area contributed by atoms with Gasteiger partial charge in [0.25, 0.3) is 0 Å². The third-order valence-corrected chi connectivity index (χ3v) is 0. The van der Waals surface area contributed by atoms with Crippen molar-refractivity contribution in [1.29, 1.82) is 0 Å². The fraction of sp³-hybridized carbons (Fsp3) is 0. The summed E-state index contributed by atoms with van der Waals surface area (Å²) >= 11 is 0. The molecule has 2 nitrogen and oxygen atoms in total. The van der Waals surface area contributed by atoms with Gasteiger partial charge in [-0.2, -0.15) is 0 Å². The maximum atomic E-state index is 0. The van der Waals surface area contributed by atoms with Crippen LogP contribution >= 0.6 is 0 Å². The molecule has 0 bridgehead atoms. The van der Waals surface area contributed by atoms with Gasteiger partial charge in [-0.25, -0.2) is 0 Å². The summed E-state index contributed by atoms with van der Waals surface area (Å²) in [5.41, 5.74) is 0. The topological polar surface area (TPSA) is 57.0 Å². The van der Waals surface area contributed by atoms with Gasteiger partial charge in [0.2, 0.25) is 0 Å². The first-order valence-corrected chi connectivity index (χ1v) is 0. The molecule has 0 aliphatic heterocycles. The molecule has 0 saturated carbocycles. The Balaban J connectivity index is 0. The maximum absolute atomic E-state index is 0. The minimum absolute atomic E-state index is 0. The molecule has 0 saturated heterocycles. The first kappa shape index (κ1) is 61.8. The SMILES string of the molecule is [O-2].[O-2].[Pt+2].[Zn+2]. The van der Waals surface area contributed by atoms with E-state index >= 15 is 0 Å². The number of hydrogen-bond acceptors (Lipinski definition) is 0. The van der Waals surface area contributed by atoms with Gasteiger partial charge in [-0.15, -0.1) is 0 Å². The molecule has 0 atom stereocenters. The molecule has 0 aliphatic rings. The fourth-order valence-corrected chi connectivity index (χ4v) is 0. The first-order chi connectivity index (χ1) is 0. The summed E-state index contributed by atoms with van der Waals surface area (Å²) in [6, 6.07) is 0. The summed E-state index contributed by atoms with van der Waals surface area (Å²) in [6.45, 7) is 0. The molecule has 0 aliphatic carbocycles. The van der Waals surface area contributed by atoms with Crippen molar-refractivity contribution in [3.63, 3.8) is 0 Å². The van der Waals surface area contributed by atoms with Crippen LogP contribution in [0.15, 0.2) is 0 Å². The zero-order chi connectivity index (χ0) is 0. The standard InChI is InChI=1S/2O.Pt.Zn/q2*-2;2*+2. The van der Waals surface area contributed by atoms with Gasteiger partial charge < -0.3 is 11.0 Å². The van der Waals surface area contributed by atoms with Crippen molar-refractivity contribution in [3.05, 3.63) is 0 Å². The van der Waals surface area contributed by atoms with E-state index in [1.807, 2.05) is 0 Å². The minimum Gasteiger partial charge on any atom is -2.00 e. The molecule has 0 amide bonds. The van der Waals surface area contributed by atoms with E-state index in [1.54, 1.807) is 0 Å². The summed E-state index contributed by atoms with van der Waals surface area (Å²) in [5.74, 6) is 0. The summed E-state index contributed by atoms with van der Waals surface area (Å²) in [4.78, 5) is 0. The Kier molecular flexibility index (Phi) is 450. The summed E-state index contributed by atoms with van der Waals surface area (Å²) in [5, 5.41) is 0. The van der Waals surface area contributed by atoms with Crippen LogP contribution in [0.2, 0.25) is 0 Å². The summed E-state index contributed by atoms with van der Waals surface area (Å²) < 4.78 is 0. The van der Waals surface area contributed by atoms with Crippen LogP contribution in [-0.4, -0.2) is 0 Å². The van der Waals surface area contributed by atoms with Crippen LogP contribution in [0.1, 0.15) is 0 Å². The molecule has 0 aromatic carbocycles. The molecule has 0 heterocycles. The average Bonchev–Trinajstić information content (AvgIpc) is 0. The number of rotatable bonds is 0. The van der Waals surface area contributed by atoms with Gasteiger partial charge in [-0.3, -0.25) is 0 Å². The van der Waals surface area contributed by atoms with Crippen LogP contribution < -0.4 is 0 Å². The van der Waals surface area contributed by atoms with Crippen molar-refractivity contribution >= 4 is 0 Å². The van der Waals surface area contributed by atoms with Gasteiger partial charge in [0.05, 0.1) is 0 Å². The number of hydrogen-bond donors (Lipinski definition) is 0. The Hall–Kier alpha value is 1.23. The molecule has 4 heteroatoms. The molecule has 0 radical (unpaired) electrons. The Morgan fingerprint density at radius 2 is 0.750 bits per heavy atom. The van der Waals surface area contributed by atoms with Crippen LogP contribution in [0.25, 0.3) is 0 Å². The molecule has 0 aromatic heterocycles. The zero-order valence-electron chi connectivity index (χ0n) is 1.84. The van der Waals surface area contributed by atoms with Gasteiger partial charge in [0.1, 0.15) is 0 Å². The molecule has 0 unspecified atom stereocenters. The smallest absolute Gasteiger partial charge is 2.00 e. The summed E-state index contributed by atoms with van der Waals surface area (Å²) in [7, 11) is 0. The first-order valence-electron chi connectivity index (χ1n) is 0. The van der Waals surface area contributed by atoms with Crippen molar-refractivity contribution < 1.29 is 51.5 Å². The van der Waals surface area contributed by atoms with E-state index in [0.29, 0.717) is 0 Å². The van der Waals surface area contributed by atoms with Crippen molar-refractivity contribution in [3.8, 4) is 0 Å². The molecule has 0 spiro atoms. The molecular formula is O2PtZn. The van der Waals surface area contributed by atoms with E-state index in [4.69, 9.17) is 0 Å². The molecule has 0 aromatic rings. The van der Waals surface area contributed by atoms with Gasteiger partial charge in [0, 0.05) is 0 Å². The quantitative estimate of drug-likeness (QED) is 0.553. The van der Waals surface area contributed by atoms with Crippen molar-refractivity contribution in [1.82, 2.24) is 0 Å². The van der Waals surface area contributed by atoms with Crippen LogP contribution in [0.4, 0.5) is 0 Å². The monoisotopic (exact) mass is 291 g/mol. The van der Waals surface area contributed by atoms with Gasteiger partial charge >= 0.3 is 40.5 Å². The van der Waals surface area contributed by atoms with E-state index in [-0.39, 0.29) is 51.5 Å². The second-order valence-electron chi connectivity index (χ2n) is 0. The van der Waals surface area contributed by atoms with E-state index in [2.05, 4.69) is 0 Å². The van der Waals surface area contributed by atoms with E-state index in [9.17, 15) is 0 Å². The Bertz CT molecular complexity index is 6.00. The second-order valence-corrected chi connectivity index (χ2v) is 0. The van der Waals surface area contributed by atoms with Crippen LogP contribution in [0.3, 0.4) is 0 Å². The average molecular weight is 292 g/mol. The van der Waals surface area contributed by atoms with Gasteiger partial charge in [-0.1, -0.05) is 0 Å². The zero-order valence-corrected chi connectivity index (χ0v) is 7.08. The molecule has 0 rings (SSSR count). The molecule has 0 N–H and O–H groups in total.